The molecule has 3 nitrogen and oxygen atoms in total. The first-order valence-corrected chi connectivity index (χ1v) is 5.47. The van der Waals surface area contributed by atoms with E-state index in [4.69, 9.17) is 5.84 Å². The van der Waals surface area contributed by atoms with E-state index in [9.17, 15) is 4.79 Å². The Morgan fingerprint density at radius 2 is 2.06 bits per heavy atom. The van der Waals surface area contributed by atoms with Gasteiger partial charge in [-0.3, -0.25) is 9.80 Å². The third-order valence-electron chi connectivity index (χ3n) is 2.15. The van der Waals surface area contributed by atoms with Crippen LogP contribution in [0.2, 0.25) is 0 Å². The van der Waals surface area contributed by atoms with E-state index in [1.807, 2.05) is 19.1 Å². The van der Waals surface area contributed by atoms with Crippen molar-refractivity contribution in [1.29, 1.82) is 0 Å². The Balaban J connectivity index is 5.42. The lowest BCUT2D eigenvalue weighted by Crippen LogP contribution is -2.26. The smallest absolute Gasteiger partial charge is 0.157 e. The molecule has 0 saturated heterocycles. The van der Waals surface area contributed by atoms with Gasteiger partial charge in [0.1, 0.15) is 0 Å². The molecule has 0 aliphatic rings. The zero-order valence-electron chi connectivity index (χ0n) is 10.7. The molecule has 0 aromatic heterocycles. The van der Waals surface area contributed by atoms with E-state index in [2.05, 4.69) is 20.4 Å². The standard InChI is InChI=1S/C13H22N2O/c1-6-8-13(15(14)7-2)12(11(5)16)9-10(3)4/h6-8,10H,2,9,14H2,1,3-5H3/b8-6-,13-12+. The van der Waals surface area contributed by atoms with E-state index in [-0.39, 0.29) is 5.78 Å². The number of hydrogen-bond acceptors (Lipinski definition) is 3. The van der Waals surface area contributed by atoms with Crippen molar-refractivity contribution in [2.24, 2.45) is 11.8 Å². The number of nitrogens with zero attached hydrogens (tertiary/aromatic N) is 1. The van der Waals surface area contributed by atoms with Gasteiger partial charge >= 0.3 is 0 Å². The zero-order chi connectivity index (χ0) is 12.7. The molecule has 0 aromatic carbocycles. The molecule has 16 heavy (non-hydrogen) atoms. The third kappa shape index (κ3) is 4.45. The molecule has 0 rings (SSSR count). The van der Waals surface area contributed by atoms with Crippen LogP contribution in [0.15, 0.2) is 36.2 Å². The highest BCUT2D eigenvalue weighted by atomic mass is 16.1. The van der Waals surface area contributed by atoms with E-state index in [1.54, 1.807) is 6.92 Å². The fourth-order valence-corrected chi connectivity index (χ4v) is 1.44. The van der Waals surface area contributed by atoms with Crippen molar-refractivity contribution in [1.82, 2.24) is 5.01 Å². The first-order valence-electron chi connectivity index (χ1n) is 5.47. The summed E-state index contributed by atoms with van der Waals surface area (Å²) in [5, 5.41) is 1.39. The molecule has 0 aromatic rings. The normalized spacial score (nSPS) is 12.9. The SMILES string of the molecule is C=CN(N)C(/C=C\C)=C(\CC(C)C)C(C)=O. The average Bonchev–Trinajstić information content (AvgIpc) is 2.21. The van der Waals surface area contributed by atoms with Crippen molar-refractivity contribution in [3.63, 3.8) is 0 Å². The van der Waals surface area contributed by atoms with Crippen molar-refractivity contribution in [3.05, 3.63) is 36.2 Å². The molecular formula is C13H22N2O. The summed E-state index contributed by atoms with van der Waals surface area (Å²) in [5.41, 5.74) is 1.47. The Morgan fingerprint density at radius 1 is 1.50 bits per heavy atom. The summed E-state index contributed by atoms with van der Waals surface area (Å²) in [6, 6.07) is 0. The van der Waals surface area contributed by atoms with E-state index in [0.29, 0.717) is 5.92 Å². The lowest BCUT2D eigenvalue weighted by atomic mass is 9.97. The molecule has 0 aliphatic heterocycles. The summed E-state index contributed by atoms with van der Waals surface area (Å²) < 4.78 is 0. The molecule has 0 spiro atoms. The highest BCUT2D eigenvalue weighted by molar-refractivity contribution is 5.94. The van der Waals surface area contributed by atoms with Crippen LogP contribution in [0.3, 0.4) is 0 Å². The van der Waals surface area contributed by atoms with Gasteiger partial charge in [-0.25, -0.2) is 5.84 Å². The van der Waals surface area contributed by atoms with Crippen LogP contribution in [-0.4, -0.2) is 10.8 Å². The molecule has 0 fully saturated rings. The van der Waals surface area contributed by atoms with Crippen molar-refractivity contribution in [2.45, 2.75) is 34.1 Å². The summed E-state index contributed by atoms with van der Waals surface area (Å²) in [5.74, 6) is 6.24. The topological polar surface area (TPSA) is 46.3 Å². The molecule has 0 bridgehead atoms. The molecule has 0 atom stereocenters. The number of hydrogen-bond donors (Lipinski definition) is 1. The van der Waals surface area contributed by atoms with Crippen LogP contribution in [0.25, 0.3) is 0 Å². The van der Waals surface area contributed by atoms with Gasteiger partial charge in [0.2, 0.25) is 0 Å². The molecule has 0 amide bonds. The summed E-state index contributed by atoms with van der Waals surface area (Å²) in [4.78, 5) is 11.6. The van der Waals surface area contributed by atoms with Crippen molar-refractivity contribution >= 4 is 5.78 Å². The van der Waals surface area contributed by atoms with Crippen LogP contribution < -0.4 is 5.84 Å². The van der Waals surface area contributed by atoms with Crippen molar-refractivity contribution < 1.29 is 4.79 Å². The maximum absolute atomic E-state index is 11.6. The Hall–Kier alpha value is -1.35. The van der Waals surface area contributed by atoms with Gasteiger partial charge in [-0.05, 0) is 32.3 Å². The number of hydrazine groups is 1. The molecule has 0 heterocycles. The number of rotatable bonds is 6. The van der Waals surface area contributed by atoms with Gasteiger partial charge in [0.15, 0.2) is 5.78 Å². The van der Waals surface area contributed by atoms with Crippen LogP contribution in [0.1, 0.15) is 34.1 Å². The first kappa shape index (κ1) is 14.6. The number of nitrogens with two attached hydrogens (primary N) is 1. The molecule has 0 saturated carbocycles. The second kappa shape index (κ2) is 7.01. The predicted octanol–water partition coefficient (Wildman–Crippen LogP) is 2.77. The Morgan fingerprint density at radius 3 is 2.38 bits per heavy atom. The lowest BCUT2D eigenvalue weighted by molar-refractivity contribution is -0.113. The average molecular weight is 222 g/mol. The molecule has 2 N–H and O–H groups in total. The first-order chi connectivity index (χ1) is 7.43. The molecule has 0 radical (unpaired) electrons. The van der Waals surface area contributed by atoms with Gasteiger partial charge in [-0.1, -0.05) is 26.5 Å². The van der Waals surface area contributed by atoms with Gasteiger partial charge in [0, 0.05) is 11.8 Å². The highest BCUT2D eigenvalue weighted by Gasteiger charge is 2.13. The largest absolute Gasteiger partial charge is 0.295 e. The lowest BCUT2D eigenvalue weighted by Gasteiger charge is -2.19. The quantitative estimate of drug-likeness (QED) is 0.325. The minimum Gasteiger partial charge on any atom is -0.295 e. The molecular weight excluding hydrogens is 200 g/mol. The van der Waals surface area contributed by atoms with Crippen LogP contribution in [-0.2, 0) is 4.79 Å². The highest BCUT2D eigenvalue weighted by Crippen LogP contribution is 2.19. The maximum atomic E-state index is 11.6. The summed E-state index contributed by atoms with van der Waals surface area (Å²) >= 11 is 0. The number of Topliss-reactive ketones (excluding diaryl/α,β-unsaturated/α-hetero) is 1. The van der Waals surface area contributed by atoms with Gasteiger partial charge in [-0.2, -0.15) is 0 Å². The monoisotopic (exact) mass is 222 g/mol. The van der Waals surface area contributed by atoms with Crippen LogP contribution in [0.5, 0.6) is 0 Å². The third-order valence-corrected chi connectivity index (χ3v) is 2.15. The van der Waals surface area contributed by atoms with Crippen LogP contribution in [0, 0.1) is 5.92 Å². The number of allylic oxidation sites excluding steroid dienone is 3. The minimum absolute atomic E-state index is 0.0547. The van der Waals surface area contributed by atoms with Gasteiger partial charge in [0.05, 0.1) is 5.70 Å². The van der Waals surface area contributed by atoms with E-state index in [1.165, 1.54) is 11.2 Å². The Labute approximate surface area is 98.3 Å². The number of carbonyl (C=O) groups excluding carboxylic acids is 1. The molecule has 0 unspecified atom stereocenters. The second-order valence-corrected chi connectivity index (χ2v) is 4.11. The maximum Gasteiger partial charge on any atom is 0.157 e. The Kier molecular flexibility index (Phi) is 6.42. The number of carbonyl (C=O) groups is 1. The van der Waals surface area contributed by atoms with Crippen molar-refractivity contribution in [2.75, 3.05) is 0 Å². The van der Waals surface area contributed by atoms with Gasteiger partial charge < -0.3 is 0 Å². The Bertz CT molecular complexity index is 314. The van der Waals surface area contributed by atoms with Crippen LogP contribution in [0.4, 0.5) is 0 Å². The molecule has 3 heteroatoms. The second-order valence-electron chi connectivity index (χ2n) is 4.11. The fraction of sp³-hybridized carbons (Fsp3) is 0.462. The van der Waals surface area contributed by atoms with Crippen LogP contribution >= 0.6 is 0 Å². The van der Waals surface area contributed by atoms with E-state index < -0.39 is 0 Å². The van der Waals surface area contributed by atoms with Crippen molar-refractivity contribution in [3.8, 4) is 0 Å². The molecule has 0 aliphatic carbocycles. The minimum atomic E-state index is 0.0547. The fourth-order valence-electron chi connectivity index (χ4n) is 1.44. The number of ketones is 1. The van der Waals surface area contributed by atoms with E-state index in [0.717, 1.165) is 17.7 Å². The summed E-state index contributed by atoms with van der Waals surface area (Å²) in [6.07, 6.45) is 5.91. The molecule has 90 valence electrons. The summed E-state index contributed by atoms with van der Waals surface area (Å²) in [7, 11) is 0. The van der Waals surface area contributed by atoms with Gasteiger partial charge in [-0.15, -0.1) is 0 Å². The zero-order valence-corrected chi connectivity index (χ0v) is 10.7. The predicted molar refractivity (Wildman–Crippen MR) is 68.2 cm³/mol. The summed E-state index contributed by atoms with van der Waals surface area (Å²) in [6.45, 7) is 11.2. The van der Waals surface area contributed by atoms with E-state index >= 15 is 0 Å². The van der Waals surface area contributed by atoms with Gasteiger partial charge in [0.25, 0.3) is 0 Å².